The van der Waals surface area contributed by atoms with E-state index in [0.717, 1.165) is 0 Å². The quantitative estimate of drug-likeness (QED) is 0.373. The molecule has 68 valence electrons. The normalized spacial score (nSPS) is 10.5. The van der Waals surface area contributed by atoms with Crippen LogP contribution in [-0.2, 0) is 0 Å². The average Bonchev–Trinajstić information content (AvgIpc) is 2.01. The molecule has 4 heteroatoms. The predicted molar refractivity (Wildman–Crippen MR) is 57.3 cm³/mol. The fourth-order valence-electron chi connectivity index (χ4n) is 0.653. The van der Waals surface area contributed by atoms with E-state index >= 15 is 0 Å². The van der Waals surface area contributed by atoms with Crippen LogP contribution in [0.25, 0.3) is 0 Å². The lowest BCUT2D eigenvalue weighted by Crippen LogP contribution is -2.16. The van der Waals surface area contributed by atoms with Gasteiger partial charge in [0.2, 0.25) is 0 Å². The molecule has 1 aromatic heterocycles. The molecule has 0 radical (unpaired) electrons. The van der Waals surface area contributed by atoms with Gasteiger partial charge in [-0.3, -0.25) is 0 Å². The minimum absolute atomic E-state index is 0.431. The molecule has 0 bridgehead atoms. The van der Waals surface area contributed by atoms with Gasteiger partial charge in [-0.2, -0.15) is 0 Å². The van der Waals surface area contributed by atoms with E-state index in [4.69, 9.17) is 11.6 Å². The summed E-state index contributed by atoms with van der Waals surface area (Å²) in [6, 6.07) is 0. The molecule has 0 unspecified atom stereocenters. The van der Waals surface area contributed by atoms with Crippen molar-refractivity contribution in [3.8, 4) is 11.5 Å². The molecule has 1 aromatic rings. The summed E-state index contributed by atoms with van der Waals surface area (Å²) in [5.41, 5.74) is 3.92. The summed E-state index contributed by atoms with van der Waals surface area (Å²) in [4.78, 5) is 7.71. The number of rotatable bonds is 0. The summed E-state index contributed by atoms with van der Waals surface area (Å²) in [7, 11) is -1.34. The third kappa shape index (κ3) is 3.58. The molecule has 1 rings (SSSR count). The van der Waals surface area contributed by atoms with Gasteiger partial charge in [-0.1, -0.05) is 37.2 Å². The molecule has 0 aliphatic heterocycles. The van der Waals surface area contributed by atoms with Gasteiger partial charge in [0.1, 0.15) is 19.6 Å². The van der Waals surface area contributed by atoms with E-state index < -0.39 is 8.07 Å². The fraction of sp³-hybridized carbons (Fsp3) is 0.333. The highest BCUT2D eigenvalue weighted by Crippen LogP contribution is 2.08. The molecule has 0 amide bonds. The van der Waals surface area contributed by atoms with Crippen molar-refractivity contribution >= 4 is 19.7 Å². The van der Waals surface area contributed by atoms with E-state index in [9.17, 15) is 0 Å². The summed E-state index contributed by atoms with van der Waals surface area (Å²) in [6.45, 7) is 6.53. The first-order valence-electron chi connectivity index (χ1n) is 3.98. The summed E-state index contributed by atoms with van der Waals surface area (Å²) >= 11 is 5.81. The van der Waals surface area contributed by atoms with Crippen molar-refractivity contribution in [2.24, 2.45) is 0 Å². The maximum Gasteiger partial charge on any atom is 0.148 e. The van der Waals surface area contributed by atoms with Gasteiger partial charge < -0.3 is 0 Å². The maximum absolute atomic E-state index is 5.81. The molecular formula is C9H11ClN2Si. The van der Waals surface area contributed by atoms with Crippen molar-refractivity contribution in [3.05, 3.63) is 23.2 Å². The highest BCUT2D eigenvalue weighted by Gasteiger charge is 2.07. The van der Waals surface area contributed by atoms with Crippen LogP contribution in [0.5, 0.6) is 0 Å². The fourth-order valence-corrected chi connectivity index (χ4v) is 1.30. The highest BCUT2D eigenvalue weighted by molar-refractivity contribution is 6.83. The highest BCUT2D eigenvalue weighted by atomic mass is 35.5. The molecule has 0 saturated heterocycles. The Labute approximate surface area is 84.4 Å². The molecule has 2 nitrogen and oxygen atoms in total. The number of hydrogen-bond acceptors (Lipinski definition) is 2. The van der Waals surface area contributed by atoms with Crippen molar-refractivity contribution in [1.82, 2.24) is 9.97 Å². The van der Waals surface area contributed by atoms with Gasteiger partial charge in [-0.05, 0) is 0 Å². The first kappa shape index (κ1) is 10.2. The zero-order chi connectivity index (χ0) is 9.90. The van der Waals surface area contributed by atoms with Gasteiger partial charge in [-0.25, -0.2) is 9.97 Å². The third-order valence-electron chi connectivity index (χ3n) is 1.24. The van der Waals surface area contributed by atoms with E-state index in [-0.39, 0.29) is 0 Å². The van der Waals surface area contributed by atoms with E-state index in [1.54, 1.807) is 6.20 Å². The second kappa shape index (κ2) is 3.90. The summed E-state index contributed by atoms with van der Waals surface area (Å²) < 4.78 is 0. The van der Waals surface area contributed by atoms with Crippen LogP contribution in [-0.4, -0.2) is 18.0 Å². The SMILES string of the molecule is C[Si](C)(C)C#Cc1cncnc1Cl. The summed E-state index contributed by atoms with van der Waals surface area (Å²) in [5.74, 6) is 3.01. The number of halogens is 1. The molecule has 0 N–H and O–H groups in total. The monoisotopic (exact) mass is 210 g/mol. The lowest BCUT2D eigenvalue weighted by Gasteiger charge is -2.03. The predicted octanol–water partition coefficient (Wildman–Crippen LogP) is 2.36. The smallest absolute Gasteiger partial charge is 0.148 e. The van der Waals surface area contributed by atoms with E-state index in [2.05, 4.69) is 41.1 Å². The van der Waals surface area contributed by atoms with Crippen LogP contribution in [0.2, 0.25) is 24.8 Å². The molecule has 0 aliphatic rings. The second-order valence-electron chi connectivity index (χ2n) is 3.73. The lowest BCUT2D eigenvalue weighted by molar-refractivity contribution is 1.16. The van der Waals surface area contributed by atoms with Gasteiger partial charge in [-0.15, -0.1) is 5.54 Å². The zero-order valence-corrected chi connectivity index (χ0v) is 9.68. The van der Waals surface area contributed by atoms with Crippen molar-refractivity contribution in [2.45, 2.75) is 19.6 Å². The largest absolute Gasteiger partial charge is 0.243 e. The molecule has 0 aromatic carbocycles. The third-order valence-corrected chi connectivity index (χ3v) is 2.41. The molecule has 0 saturated carbocycles. The molecular weight excluding hydrogens is 200 g/mol. The number of nitrogens with zero attached hydrogens (tertiary/aromatic N) is 2. The first-order valence-corrected chi connectivity index (χ1v) is 7.85. The van der Waals surface area contributed by atoms with Crippen molar-refractivity contribution in [2.75, 3.05) is 0 Å². The molecule has 1 heterocycles. The maximum atomic E-state index is 5.81. The van der Waals surface area contributed by atoms with Crippen LogP contribution >= 0.6 is 11.6 Å². The van der Waals surface area contributed by atoms with Crippen LogP contribution in [0, 0.1) is 11.5 Å². The number of aromatic nitrogens is 2. The summed E-state index contributed by atoms with van der Waals surface area (Å²) in [5, 5.41) is 0.431. The van der Waals surface area contributed by atoms with E-state index in [1.165, 1.54) is 6.33 Å². The zero-order valence-electron chi connectivity index (χ0n) is 7.93. The second-order valence-corrected chi connectivity index (χ2v) is 8.84. The Morgan fingerprint density at radius 2 is 2.08 bits per heavy atom. The number of hydrogen-bond donors (Lipinski definition) is 0. The molecule has 13 heavy (non-hydrogen) atoms. The molecule has 0 aliphatic carbocycles. The average molecular weight is 211 g/mol. The Balaban J connectivity index is 2.97. The van der Waals surface area contributed by atoms with Gasteiger partial charge >= 0.3 is 0 Å². The van der Waals surface area contributed by atoms with Crippen LogP contribution in [0.1, 0.15) is 5.56 Å². The van der Waals surface area contributed by atoms with Crippen LogP contribution < -0.4 is 0 Å². The van der Waals surface area contributed by atoms with E-state index in [0.29, 0.717) is 10.7 Å². The van der Waals surface area contributed by atoms with Crippen molar-refractivity contribution < 1.29 is 0 Å². The minimum atomic E-state index is -1.34. The van der Waals surface area contributed by atoms with Gasteiger partial charge in [0.05, 0.1) is 5.56 Å². The molecule has 0 spiro atoms. The Morgan fingerprint density at radius 3 is 2.62 bits per heavy atom. The van der Waals surface area contributed by atoms with Crippen LogP contribution in [0.3, 0.4) is 0 Å². The first-order chi connectivity index (χ1) is 5.99. The Morgan fingerprint density at radius 1 is 1.38 bits per heavy atom. The van der Waals surface area contributed by atoms with Crippen molar-refractivity contribution in [1.29, 1.82) is 0 Å². The van der Waals surface area contributed by atoms with Crippen LogP contribution in [0.15, 0.2) is 12.5 Å². The van der Waals surface area contributed by atoms with Gasteiger partial charge in [0.25, 0.3) is 0 Å². The molecule has 0 atom stereocenters. The lowest BCUT2D eigenvalue weighted by atomic mass is 10.4. The minimum Gasteiger partial charge on any atom is -0.243 e. The Bertz CT molecular complexity index is 360. The van der Waals surface area contributed by atoms with Crippen LogP contribution in [0.4, 0.5) is 0 Å². The molecule has 0 fully saturated rings. The standard InChI is InChI=1S/C9H11ClN2Si/c1-13(2,3)5-4-8-6-11-7-12-9(8)10/h6-7H,1-3H3. The van der Waals surface area contributed by atoms with Gasteiger partial charge in [0, 0.05) is 6.20 Å². The Hall–Kier alpha value is -0.853. The van der Waals surface area contributed by atoms with Crippen molar-refractivity contribution in [3.63, 3.8) is 0 Å². The summed E-state index contributed by atoms with van der Waals surface area (Å²) in [6.07, 6.45) is 3.06. The Kier molecular flexibility index (Phi) is 3.07. The van der Waals surface area contributed by atoms with Gasteiger partial charge in [0.15, 0.2) is 0 Å². The topological polar surface area (TPSA) is 25.8 Å². The van der Waals surface area contributed by atoms with E-state index in [1.807, 2.05) is 0 Å².